The molecule has 0 radical (unpaired) electrons. The number of hydrogen-bond donors (Lipinski definition) is 4. The van der Waals surface area contributed by atoms with Crippen LogP contribution in [-0.2, 0) is 14.2 Å². The maximum absolute atomic E-state index is 10.3. The Morgan fingerprint density at radius 2 is 1.77 bits per heavy atom. The van der Waals surface area contributed by atoms with E-state index >= 15 is 0 Å². The molecule has 8 heteroatoms. The summed E-state index contributed by atoms with van der Waals surface area (Å²) >= 11 is 0. The zero-order valence-corrected chi connectivity index (χ0v) is 7.43. The van der Waals surface area contributed by atoms with Crippen molar-refractivity contribution in [1.29, 1.82) is 0 Å². The summed E-state index contributed by atoms with van der Waals surface area (Å²) < 4.78 is 10.3. The average molecular weight is 212 g/mol. The predicted molar refractivity (Wildman–Crippen MR) is 40.9 cm³/mol. The summed E-state index contributed by atoms with van der Waals surface area (Å²) in [4.78, 5) is 28.8. The Hall–Kier alpha value is -0.910. The second-order valence-electron chi connectivity index (χ2n) is 2.48. The molecule has 13 heavy (non-hydrogen) atoms. The molecule has 0 bridgehead atoms. The summed E-state index contributed by atoms with van der Waals surface area (Å²) in [7, 11) is -3.23. The highest BCUT2D eigenvalue weighted by Crippen LogP contribution is 2.24. The van der Waals surface area contributed by atoms with Crippen LogP contribution in [-0.4, -0.2) is 43.9 Å². The monoisotopic (exact) mass is 212 g/mol. The van der Waals surface area contributed by atoms with E-state index in [1.165, 1.54) is 0 Å². The molecule has 2 unspecified atom stereocenters. The highest BCUT2D eigenvalue weighted by molar-refractivity contribution is 7.38. The number of aliphatic hydroxyl groups is 1. The minimum absolute atomic E-state index is 0.959. The second kappa shape index (κ2) is 4.36. The minimum Gasteiger partial charge on any atom is -0.481 e. The number of carboxylic acid groups (broad SMARTS) is 2. The maximum atomic E-state index is 10.3. The number of carboxylic acids is 2. The molecule has 0 aromatic rings. The Kier molecular flexibility index (Phi) is 4.06. The molecule has 7 nitrogen and oxygen atoms in total. The smallest absolute Gasteiger partial charge is 0.336 e. The number of aliphatic carboxylic acids is 2. The van der Waals surface area contributed by atoms with E-state index in [1.807, 2.05) is 0 Å². The van der Waals surface area contributed by atoms with Crippen molar-refractivity contribution in [2.24, 2.45) is 0 Å². The molecular weight excluding hydrogens is 203 g/mol. The summed E-state index contributed by atoms with van der Waals surface area (Å²) in [5.74, 6) is -3.37. The van der Waals surface area contributed by atoms with Crippen molar-refractivity contribution in [3.8, 4) is 0 Å². The summed E-state index contributed by atoms with van der Waals surface area (Å²) in [6.45, 7) is 0. The van der Waals surface area contributed by atoms with Crippen LogP contribution in [0.25, 0.3) is 0 Å². The van der Waals surface area contributed by atoms with E-state index in [1.54, 1.807) is 0 Å². The van der Waals surface area contributed by atoms with Gasteiger partial charge in [0.05, 0.1) is 12.6 Å². The number of carbonyl (C=O) groups is 2. The average Bonchev–Trinajstić information content (AvgIpc) is 1.82. The normalized spacial score (nSPS) is 17.4. The van der Waals surface area contributed by atoms with E-state index in [4.69, 9.17) is 20.2 Å². The van der Waals surface area contributed by atoms with Gasteiger partial charge in [-0.05, 0) is 0 Å². The Balaban J connectivity index is 4.62. The first-order valence-electron chi connectivity index (χ1n) is 3.17. The van der Waals surface area contributed by atoms with Crippen LogP contribution in [0.3, 0.4) is 0 Å². The number of rotatable bonds is 5. The predicted octanol–water partition coefficient (Wildman–Crippen LogP) is -1.26. The van der Waals surface area contributed by atoms with Crippen LogP contribution in [0.1, 0.15) is 6.42 Å². The fourth-order valence-electron chi connectivity index (χ4n) is 0.714. The third kappa shape index (κ3) is 4.02. The molecule has 76 valence electrons. The molecule has 0 saturated heterocycles. The molecule has 2 atom stereocenters. The molecule has 0 saturated carbocycles. The Morgan fingerprint density at radius 1 is 1.31 bits per heavy atom. The summed E-state index contributed by atoms with van der Waals surface area (Å²) in [5.41, 5.74) is -2.66. The van der Waals surface area contributed by atoms with Crippen LogP contribution in [0.4, 0.5) is 0 Å². The lowest BCUT2D eigenvalue weighted by molar-refractivity contribution is -0.162. The Morgan fingerprint density at radius 3 is 2.00 bits per heavy atom. The van der Waals surface area contributed by atoms with E-state index in [0.29, 0.717) is 0 Å². The van der Waals surface area contributed by atoms with Gasteiger partial charge in [-0.25, -0.2) is 4.79 Å². The SMILES string of the molecule is O=C(O)CC(O)(C[PH](=O)O)C(=O)O. The standard InChI is InChI=1S/C5H9O7P/c6-3(7)1-5(10,4(8)9)2-13(11)12/h10,13H,1-2H2,(H,6,7)(H,8,9)(H,11,12). The van der Waals surface area contributed by atoms with Gasteiger partial charge in [-0.3, -0.25) is 9.36 Å². The highest BCUT2D eigenvalue weighted by Gasteiger charge is 2.39. The van der Waals surface area contributed by atoms with Crippen molar-refractivity contribution < 1.29 is 34.4 Å². The van der Waals surface area contributed by atoms with Crippen molar-refractivity contribution in [2.75, 3.05) is 6.16 Å². The van der Waals surface area contributed by atoms with Gasteiger partial charge in [0.1, 0.15) is 0 Å². The van der Waals surface area contributed by atoms with Crippen molar-refractivity contribution in [1.82, 2.24) is 0 Å². The van der Waals surface area contributed by atoms with E-state index in [-0.39, 0.29) is 0 Å². The highest BCUT2D eigenvalue weighted by atomic mass is 31.1. The second-order valence-corrected chi connectivity index (χ2v) is 3.62. The van der Waals surface area contributed by atoms with Gasteiger partial charge in [0.2, 0.25) is 0 Å². The van der Waals surface area contributed by atoms with Gasteiger partial charge in [0, 0.05) is 0 Å². The fourth-order valence-corrected chi connectivity index (χ4v) is 1.49. The summed E-state index contributed by atoms with van der Waals surface area (Å²) in [5, 5.41) is 25.7. The van der Waals surface area contributed by atoms with Crippen LogP contribution < -0.4 is 0 Å². The maximum Gasteiger partial charge on any atom is 0.336 e. The van der Waals surface area contributed by atoms with Gasteiger partial charge < -0.3 is 20.2 Å². The van der Waals surface area contributed by atoms with Crippen molar-refractivity contribution in [2.45, 2.75) is 12.0 Å². The van der Waals surface area contributed by atoms with Gasteiger partial charge in [-0.2, -0.15) is 0 Å². The molecule has 0 spiro atoms. The van der Waals surface area contributed by atoms with E-state index < -0.39 is 38.2 Å². The third-order valence-corrected chi connectivity index (χ3v) is 2.17. The lowest BCUT2D eigenvalue weighted by Gasteiger charge is -2.19. The first-order valence-corrected chi connectivity index (χ1v) is 4.73. The lowest BCUT2D eigenvalue weighted by atomic mass is 10.0. The van der Waals surface area contributed by atoms with Crippen LogP contribution >= 0.6 is 8.03 Å². The van der Waals surface area contributed by atoms with Crippen LogP contribution in [0.2, 0.25) is 0 Å². The van der Waals surface area contributed by atoms with Gasteiger partial charge in [-0.15, -0.1) is 0 Å². The molecule has 0 aliphatic rings. The molecule has 0 aromatic carbocycles. The molecule has 0 aliphatic carbocycles. The largest absolute Gasteiger partial charge is 0.481 e. The van der Waals surface area contributed by atoms with E-state index in [2.05, 4.69) is 0 Å². The Bertz CT molecular complexity index is 231. The van der Waals surface area contributed by atoms with Gasteiger partial charge in [0.15, 0.2) is 13.6 Å². The molecule has 0 aromatic heterocycles. The van der Waals surface area contributed by atoms with Gasteiger partial charge in [0.25, 0.3) is 0 Å². The van der Waals surface area contributed by atoms with Crippen LogP contribution in [0.5, 0.6) is 0 Å². The number of hydrogen-bond acceptors (Lipinski definition) is 4. The molecule has 0 fully saturated rings. The van der Waals surface area contributed by atoms with Crippen molar-refractivity contribution in [3.05, 3.63) is 0 Å². The van der Waals surface area contributed by atoms with Crippen molar-refractivity contribution in [3.63, 3.8) is 0 Å². The zero-order valence-electron chi connectivity index (χ0n) is 6.43. The summed E-state index contributed by atoms with van der Waals surface area (Å²) in [6, 6.07) is 0. The molecule has 0 rings (SSSR count). The Labute approximate surface area is 73.5 Å². The molecule has 4 N–H and O–H groups in total. The van der Waals surface area contributed by atoms with Gasteiger partial charge >= 0.3 is 11.9 Å². The molecule has 0 aliphatic heterocycles. The van der Waals surface area contributed by atoms with E-state index in [9.17, 15) is 14.2 Å². The molecule has 0 heterocycles. The topological polar surface area (TPSA) is 132 Å². The first-order chi connectivity index (χ1) is 5.78. The minimum atomic E-state index is -3.23. The van der Waals surface area contributed by atoms with Crippen LogP contribution in [0, 0.1) is 0 Å². The molecule has 0 amide bonds. The van der Waals surface area contributed by atoms with E-state index in [0.717, 1.165) is 0 Å². The fraction of sp³-hybridized carbons (Fsp3) is 0.600. The zero-order chi connectivity index (χ0) is 10.6. The summed E-state index contributed by atoms with van der Waals surface area (Å²) in [6.07, 6.45) is -2.06. The van der Waals surface area contributed by atoms with Crippen molar-refractivity contribution >= 4 is 20.0 Å². The lowest BCUT2D eigenvalue weighted by Crippen LogP contribution is -2.43. The quantitative estimate of drug-likeness (QED) is 0.418. The first kappa shape index (κ1) is 12.1. The third-order valence-electron chi connectivity index (χ3n) is 1.29. The molecular formula is C5H9O7P. The van der Waals surface area contributed by atoms with Gasteiger partial charge in [-0.1, -0.05) is 0 Å². The van der Waals surface area contributed by atoms with Crippen LogP contribution in [0.15, 0.2) is 0 Å².